The Labute approximate surface area is 213 Å². The summed E-state index contributed by atoms with van der Waals surface area (Å²) in [7, 11) is 3.21. The Hall–Kier alpha value is -3.46. The SMILES string of the molecule is C/C=S(\c1cn2c(-c3cc(C(=O)N[C@H](C)c4ccccc4F)n(C)n3)cnc2cc1OC)C(C)(C)C. The lowest BCUT2D eigenvalue weighted by molar-refractivity contribution is 0.0930. The Morgan fingerprint density at radius 3 is 2.61 bits per heavy atom. The van der Waals surface area contributed by atoms with Gasteiger partial charge in [-0.2, -0.15) is 5.10 Å². The molecular formula is C27H32FN5O2S. The average molecular weight is 510 g/mol. The first kappa shape index (κ1) is 25.6. The van der Waals surface area contributed by atoms with Crippen molar-refractivity contribution in [3.63, 3.8) is 0 Å². The van der Waals surface area contributed by atoms with Crippen LogP contribution in [0.15, 0.2) is 53.7 Å². The van der Waals surface area contributed by atoms with Gasteiger partial charge in [-0.3, -0.25) is 13.9 Å². The summed E-state index contributed by atoms with van der Waals surface area (Å²) in [6.07, 6.45) is 3.80. The van der Waals surface area contributed by atoms with Gasteiger partial charge in [0.05, 0.1) is 29.9 Å². The molecule has 36 heavy (non-hydrogen) atoms. The Bertz CT molecular complexity index is 1460. The van der Waals surface area contributed by atoms with E-state index in [1.54, 1.807) is 51.5 Å². The number of halogens is 1. The molecule has 1 amide bonds. The Balaban J connectivity index is 1.71. The number of amides is 1. The van der Waals surface area contributed by atoms with Crippen LogP contribution in [-0.4, -0.2) is 42.3 Å². The van der Waals surface area contributed by atoms with Gasteiger partial charge in [0, 0.05) is 29.6 Å². The zero-order chi connectivity index (χ0) is 26.2. The number of benzene rings is 1. The monoisotopic (exact) mass is 509 g/mol. The molecule has 0 aliphatic rings. The zero-order valence-corrected chi connectivity index (χ0v) is 22.5. The number of carbonyl (C=O) groups excluding carboxylic acids is 1. The van der Waals surface area contributed by atoms with Gasteiger partial charge in [0.15, 0.2) is 0 Å². The fourth-order valence-corrected chi connectivity index (χ4v) is 6.49. The number of carbonyl (C=O) groups is 1. The second-order valence-corrected chi connectivity index (χ2v) is 12.3. The number of rotatable bonds is 6. The minimum Gasteiger partial charge on any atom is -0.495 e. The van der Waals surface area contributed by atoms with E-state index in [9.17, 15) is 9.18 Å². The predicted molar refractivity (Wildman–Crippen MR) is 144 cm³/mol. The van der Waals surface area contributed by atoms with Crippen molar-refractivity contribution in [3.05, 3.63) is 65.9 Å². The third-order valence-electron chi connectivity index (χ3n) is 6.02. The van der Waals surface area contributed by atoms with Crippen LogP contribution >= 0.6 is 10.5 Å². The molecule has 0 bridgehead atoms. The summed E-state index contributed by atoms with van der Waals surface area (Å²) >= 11 is 0. The van der Waals surface area contributed by atoms with Crippen molar-refractivity contribution in [2.24, 2.45) is 7.05 Å². The highest BCUT2D eigenvalue weighted by atomic mass is 32.2. The van der Waals surface area contributed by atoms with Crippen LogP contribution in [0.3, 0.4) is 0 Å². The lowest BCUT2D eigenvalue weighted by atomic mass is 10.1. The molecule has 1 N–H and O–H groups in total. The number of nitrogens with one attached hydrogen (secondary N) is 1. The lowest BCUT2D eigenvalue weighted by Crippen LogP contribution is -2.28. The minimum absolute atomic E-state index is 0.0155. The molecule has 4 aromatic rings. The van der Waals surface area contributed by atoms with Gasteiger partial charge in [0.2, 0.25) is 0 Å². The number of fused-ring (bicyclic) bond motifs is 1. The number of aryl methyl sites for hydroxylation is 1. The van der Waals surface area contributed by atoms with Gasteiger partial charge in [-0.05, 0) is 26.0 Å². The molecule has 3 heterocycles. The van der Waals surface area contributed by atoms with E-state index in [0.29, 0.717) is 17.0 Å². The molecule has 0 saturated carbocycles. The number of hydrogen-bond donors (Lipinski definition) is 1. The maximum Gasteiger partial charge on any atom is 0.270 e. The van der Waals surface area contributed by atoms with Gasteiger partial charge in [0.25, 0.3) is 5.91 Å². The summed E-state index contributed by atoms with van der Waals surface area (Å²) in [5.41, 5.74) is 2.90. The van der Waals surface area contributed by atoms with Crippen molar-refractivity contribution in [2.45, 2.75) is 50.3 Å². The van der Waals surface area contributed by atoms with Crippen LogP contribution in [0, 0.1) is 5.82 Å². The fourth-order valence-electron chi connectivity index (χ4n) is 4.29. The molecule has 0 radical (unpaired) electrons. The number of methoxy groups -OCH3 is 1. The van der Waals surface area contributed by atoms with E-state index in [1.165, 1.54) is 10.7 Å². The molecule has 1 unspecified atom stereocenters. The normalized spacial score (nSPS) is 13.7. The Kier molecular flexibility index (Phi) is 7.04. The average Bonchev–Trinajstić information content (AvgIpc) is 3.41. The lowest BCUT2D eigenvalue weighted by Gasteiger charge is -2.26. The summed E-state index contributed by atoms with van der Waals surface area (Å²) in [6, 6.07) is 9.59. The highest BCUT2D eigenvalue weighted by Gasteiger charge is 2.23. The van der Waals surface area contributed by atoms with Crippen LogP contribution in [0.25, 0.3) is 17.0 Å². The molecule has 9 heteroatoms. The highest BCUT2D eigenvalue weighted by molar-refractivity contribution is 8.16. The van der Waals surface area contributed by atoms with Crippen molar-refractivity contribution in [1.82, 2.24) is 24.5 Å². The molecule has 0 spiro atoms. The molecule has 2 atom stereocenters. The topological polar surface area (TPSA) is 73.5 Å². The van der Waals surface area contributed by atoms with Gasteiger partial charge < -0.3 is 10.1 Å². The second kappa shape index (κ2) is 9.89. The smallest absolute Gasteiger partial charge is 0.270 e. The van der Waals surface area contributed by atoms with Gasteiger partial charge in [-0.15, -0.1) is 10.5 Å². The predicted octanol–water partition coefficient (Wildman–Crippen LogP) is 5.62. The van der Waals surface area contributed by atoms with E-state index in [2.05, 4.69) is 54.7 Å². The van der Waals surface area contributed by atoms with Crippen molar-refractivity contribution < 1.29 is 13.9 Å². The third kappa shape index (κ3) is 4.80. The van der Waals surface area contributed by atoms with E-state index >= 15 is 0 Å². The van der Waals surface area contributed by atoms with Crippen molar-refractivity contribution in [1.29, 1.82) is 0 Å². The number of pyridine rings is 1. The minimum atomic E-state index is -0.497. The molecule has 4 rings (SSSR count). The number of imidazole rings is 1. The van der Waals surface area contributed by atoms with E-state index in [0.717, 1.165) is 22.0 Å². The summed E-state index contributed by atoms with van der Waals surface area (Å²) in [4.78, 5) is 18.7. The van der Waals surface area contributed by atoms with Gasteiger partial charge >= 0.3 is 0 Å². The van der Waals surface area contributed by atoms with E-state index in [4.69, 9.17) is 4.74 Å². The largest absolute Gasteiger partial charge is 0.495 e. The standard InChI is InChI=1S/C27H32FN5O2S/c1-8-36(27(3,4)5)24-16-33-22(15-29-25(33)14-23(24)35-7)20-13-21(32(6)31-20)26(34)30-17(2)18-11-9-10-12-19(18)28/h8-17H,1-7H3,(H,30,34)/t17-,36?/m1/s1. The summed E-state index contributed by atoms with van der Waals surface area (Å²) in [5, 5.41) is 9.67. The summed E-state index contributed by atoms with van der Waals surface area (Å²) < 4.78 is 23.4. The molecule has 1 aromatic carbocycles. The number of ether oxygens (including phenoxy) is 1. The molecule has 0 fully saturated rings. The molecule has 0 saturated heterocycles. The number of aromatic nitrogens is 4. The fraction of sp³-hybridized carbons (Fsp3) is 0.333. The number of hydrogen-bond acceptors (Lipinski definition) is 4. The maximum absolute atomic E-state index is 14.2. The Morgan fingerprint density at radius 1 is 1.25 bits per heavy atom. The quantitative estimate of drug-likeness (QED) is 0.342. The first-order valence-corrected chi connectivity index (χ1v) is 13.0. The third-order valence-corrected chi connectivity index (χ3v) is 8.59. The summed E-state index contributed by atoms with van der Waals surface area (Å²) in [6.45, 7) is 10.4. The maximum atomic E-state index is 14.2. The Morgan fingerprint density at radius 2 is 1.97 bits per heavy atom. The van der Waals surface area contributed by atoms with Crippen LogP contribution in [0.1, 0.15) is 56.7 Å². The van der Waals surface area contributed by atoms with Gasteiger partial charge in [0.1, 0.15) is 28.6 Å². The first-order chi connectivity index (χ1) is 17.0. The van der Waals surface area contributed by atoms with Crippen LogP contribution < -0.4 is 10.1 Å². The van der Waals surface area contributed by atoms with Gasteiger partial charge in [-0.1, -0.05) is 44.3 Å². The number of nitrogens with zero attached hydrogens (tertiary/aromatic N) is 4. The molecule has 0 aliphatic carbocycles. The highest BCUT2D eigenvalue weighted by Crippen LogP contribution is 2.44. The molecule has 0 aliphatic heterocycles. The van der Waals surface area contributed by atoms with Crippen LogP contribution in [0.2, 0.25) is 0 Å². The summed E-state index contributed by atoms with van der Waals surface area (Å²) in [5.74, 6) is 0.101. The van der Waals surface area contributed by atoms with E-state index < -0.39 is 6.04 Å². The van der Waals surface area contributed by atoms with Crippen molar-refractivity contribution >= 4 is 27.4 Å². The van der Waals surface area contributed by atoms with E-state index in [1.807, 2.05) is 10.5 Å². The van der Waals surface area contributed by atoms with Crippen LogP contribution in [-0.2, 0) is 7.05 Å². The van der Waals surface area contributed by atoms with E-state index in [-0.39, 0.29) is 27.0 Å². The van der Waals surface area contributed by atoms with Crippen molar-refractivity contribution in [3.8, 4) is 17.1 Å². The van der Waals surface area contributed by atoms with Crippen LogP contribution in [0.5, 0.6) is 5.75 Å². The molecular weight excluding hydrogens is 477 g/mol. The molecule has 7 nitrogen and oxygen atoms in total. The molecule has 3 aromatic heterocycles. The first-order valence-electron chi connectivity index (χ1n) is 11.7. The van der Waals surface area contributed by atoms with Crippen molar-refractivity contribution in [2.75, 3.05) is 7.11 Å². The second-order valence-electron chi connectivity index (χ2n) is 9.52. The van der Waals surface area contributed by atoms with Gasteiger partial charge in [-0.25, -0.2) is 9.37 Å². The molecule has 190 valence electrons. The zero-order valence-electron chi connectivity index (χ0n) is 21.7. The van der Waals surface area contributed by atoms with Crippen LogP contribution in [0.4, 0.5) is 4.39 Å².